The van der Waals surface area contributed by atoms with Crippen molar-refractivity contribution in [2.75, 3.05) is 0 Å². The molecule has 0 heterocycles. The highest BCUT2D eigenvalue weighted by Crippen LogP contribution is 2.31. The van der Waals surface area contributed by atoms with E-state index in [1.54, 1.807) is 26.0 Å². The van der Waals surface area contributed by atoms with Crippen molar-refractivity contribution in [1.82, 2.24) is 0 Å². The van der Waals surface area contributed by atoms with Crippen LogP contribution in [-0.4, -0.2) is 21.9 Å². The highest BCUT2D eigenvalue weighted by Gasteiger charge is 2.32. The van der Waals surface area contributed by atoms with E-state index in [1.165, 1.54) is 17.8 Å². The van der Waals surface area contributed by atoms with Gasteiger partial charge in [-0.2, -0.15) is 0 Å². The fourth-order valence-electron chi connectivity index (χ4n) is 1.29. The summed E-state index contributed by atoms with van der Waals surface area (Å²) in [5.74, 6) is -0.759. The van der Waals surface area contributed by atoms with Crippen LogP contribution in [0, 0.1) is 5.82 Å². The van der Waals surface area contributed by atoms with E-state index < -0.39 is 16.8 Å². The molecule has 0 bridgehead atoms. The second-order valence-corrected chi connectivity index (χ2v) is 6.94. The Morgan fingerprint density at radius 3 is 2.72 bits per heavy atom. The van der Waals surface area contributed by atoms with Gasteiger partial charge in [-0.25, -0.2) is 4.39 Å². The normalized spacial score (nSPS) is 13.4. The minimum absolute atomic E-state index is 0.315. The first-order valence-corrected chi connectivity index (χ1v) is 7.08. The maximum atomic E-state index is 13.1. The van der Waals surface area contributed by atoms with Crippen molar-refractivity contribution in [3.8, 4) is 0 Å². The predicted octanol–water partition coefficient (Wildman–Crippen LogP) is 3.01. The van der Waals surface area contributed by atoms with Crippen molar-refractivity contribution in [2.45, 2.75) is 30.4 Å². The van der Waals surface area contributed by atoms with Gasteiger partial charge in [0.05, 0.1) is 4.47 Å². The minimum Gasteiger partial charge on any atom is -0.480 e. The van der Waals surface area contributed by atoms with Crippen molar-refractivity contribution in [3.05, 3.63) is 34.1 Å². The lowest BCUT2D eigenvalue weighted by Crippen LogP contribution is -2.46. The monoisotopic (exact) mass is 335 g/mol. The van der Waals surface area contributed by atoms with Crippen molar-refractivity contribution in [2.24, 2.45) is 5.73 Å². The average molecular weight is 336 g/mol. The molecule has 1 atom stereocenters. The summed E-state index contributed by atoms with van der Waals surface area (Å²) in [5, 5.41) is 8.90. The van der Waals surface area contributed by atoms with E-state index in [0.29, 0.717) is 10.2 Å². The average Bonchev–Trinajstić information content (AvgIpc) is 2.29. The highest BCUT2D eigenvalue weighted by atomic mass is 79.9. The second-order valence-electron chi connectivity index (χ2n) is 4.46. The molecule has 0 aromatic heterocycles. The van der Waals surface area contributed by atoms with Gasteiger partial charge in [-0.3, -0.25) is 4.79 Å². The number of carbonyl (C=O) groups is 1. The van der Waals surface area contributed by atoms with Crippen LogP contribution < -0.4 is 5.73 Å². The lowest BCUT2D eigenvalue weighted by atomic mass is 10.1. The number of carboxylic acids is 1. The van der Waals surface area contributed by atoms with Crippen LogP contribution in [-0.2, 0) is 10.5 Å². The zero-order chi connectivity index (χ0) is 13.9. The van der Waals surface area contributed by atoms with Crippen LogP contribution in [0.4, 0.5) is 4.39 Å². The molecule has 0 aliphatic heterocycles. The molecule has 0 amide bonds. The molecule has 3 nitrogen and oxygen atoms in total. The van der Waals surface area contributed by atoms with Gasteiger partial charge in [0.15, 0.2) is 0 Å². The Labute approximate surface area is 118 Å². The Balaban J connectivity index is 2.69. The molecule has 6 heteroatoms. The van der Waals surface area contributed by atoms with Crippen molar-refractivity contribution in [3.63, 3.8) is 0 Å². The van der Waals surface area contributed by atoms with Gasteiger partial charge in [0.1, 0.15) is 11.9 Å². The van der Waals surface area contributed by atoms with E-state index in [9.17, 15) is 9.18 Å². The van der Waals surface area contributed by atoms with Gasteiger partial charge in [0.2, 0.25) is 0 Å². The van der Waals surface area contributed by atoms with E-state index >= 15 is 0 Å². The van der Waals surface area contributed by atoms with Crippen LogP contribution in [0.2, 0.25) is 0 Å². The summed E-state index contributed by atoms with van der Waals surface area (Å²) in [5.41, 5.74) is 6.54. The molecule has 3 N–H and O–H groups in total. The van der Waals surface area contributed by atoms with Gasteiger partial charge < -0.3 is 10.8 Å². The number of rotatable bonds is 5. The van der Waals surface area contributed by atoms with Gasteiger partial charge in [-0.05, 0) is 47.5 Å². The van der Waals surface area contributed by atoms with Crippen molar-refractivity contribution < 1.29 is 14.3 Å². The summed E-state index contributed by atoms with van der Waals surface area (Å²) in [6.07, 6.45) is 0. The van der Waals surface area contributed by atoms with Crippen LogP contribution in [0.5, 0.6) is 0 Å². The third-order valence-corrected chi connectivity index (χ3v) is 4.69. The Morgan fingerprint density at radius 1 is 1.61 bits per heavy atom. The molecule has 0 fully saturated rings. The van der Waals surface area contributed by atoms with Gasteiger partial charge in [-0.1, -0.05) is 6.07 Å². The first-order valence-electron chi connectivity index (χ1n) is 5.30. The lowest BCUT2D eigenvalue weighted by Gasteiger charge is -2.28. The molecule has 0 spiro atoms. The minimum atomic E-state index is -1.02. The molecular formula is C12H15BrFNO2S. The number of carboxylic acid groups (broad SMARTS) is 1. The maximum absolute atomic E-state index is 13.1. The Kier molecular flexibility index (Phi) is 5.19. The SMILES string of the molecule is CC(C)(SCc1ccc(F)c(Br)c1)[C@@H](N)C(=O)O. The number of halogens is 2. The Hall–Kier alpha value is -0.590. The van der Waals surface area contributed by atoms with E-state index in [4.69, 9.17) is 10.8 Å². The van der Waals surface area contributed by atoms with E-state index in [2.05, 4.69) is 15.9 Å². The molecule has 0 aliphatic rings. The number of nitrogens with two attached hydrogens (primary N) is 1. The molecule has 18 heavy (non-hydrogen) atoms. The van der Waals surface area contributed by atoms with Gasteiger partial charge in [-0.15, -0.1) is 11.8 Å². The van der Waals surface area contributed by atoms with Gasteiger partial charge in [0.25, 0.3) is 0 Å². The summed E-state index contributed by atoms with van der Waals surface area (Å²) in [7, 11) is 0. The standard InChI is InChI=1S/C12H15BrFNO2S/c1-12(2,10(15)11(16)17)18-6-7-3-4-9(14)8(13)5-7/h3-5,10H,6,15H2,1-2H3,(H,16,17)/t10-/m0/s1. The van der Waals surface area contributed by atoms with Crippen LogP contribution in [0.15, 0.2) is 22.7 Å². The summed E-state index contributed by atoms with van der Waals surface area (Å²) in [4.78, 5) is 10.9. The largest absolute Gasteiger partial charge is 0.480 e. The number of thioether (sulfide) groups is 1. The topological polar surface area (TPSA) is 63.3 Å². The van der Waals surface area contributed by atoms with Crippen molar-refractivity contribution in [1.29, 1.82) is 0 Å². The molecule has 1 rings (SSSR count). The van der Waals surface area contributed by atoms with Crippen molar-refractivity contribution >= 4 is 33.7 Å². The fraction of sp³-hybridized carbons (Fsp3) is 0.417. The van der Waals surface area contributed by atoms with E-state index in [1.807, 2.05) is 0 Å². The van der Waals surface area contributed by atoms with E-state index in [-0.39, 0.29) is 5.82 Å². The van der Waals surface area contributed by atoms with Crippen LogP contribution >= 0.6 is 27.7 Å². The predicted molar refractivity (Wildman–Crippen MR) is 75.1 cm³/mol. The molecular weight excluding hydrogens is 321 g/mol. The fourth-order valence-corrected chi connectivity index (χ4v) is 2.71. The summed E-state index contributed by atoms with van der Waals surface area (Å²) < 4.78 is 12.9. The summed E-state index contributed by atoms with van der Waals surface area (Å²) >= 11 is 4.55. The van der Waals surface area contributed by atoms with Crippen LogP contribution in [0.1, 0.15) is 19.4 Å². The Bertz CT molecular complexity index is 454. The van der Waals surface area contributed by atoms with Crippen LogP contribution in [0.3, 0.4) is 0 Å². The van der Waals surface area contributed by atoms with Gasteiger partial charge >= 0.3 is 5.97 Å². The third-order valence-electron chi connectivity index (χ3n) is 2.61. The van der Waals surface area contributed by atoms with Gasteiger partial charge in [0, 0.05) is 10.5 Å². The molecule has 1 aromatic rings. The molecule has 0 saturated carbocycles. The number of hydrogen-bond acceptors (Lipinski definition) is 3. The quantitative estimate of drug-likeness (QED) is 0.868. The first kappa shape index (κ1) is 15.5. The molecule has 0 radical (unpaired) electrons. The Morgan fingerprint density at radius 2 is 2.22 bits per heavy atom. The zero-order valence-corrected chi connectivity index (χ0v) is 12.5. The lowest BCUT2D eigenvalue weighted by molar-refractivity contribution is -0.139. The molecule has 0 saturated heterocycles. The number of aliphatic carboxylic acids is 1. The first-order chi connectivity index (χ1) is 8.24. The highest BCUT2D eigenvalue weighted by molar-refractivity contribution is 9.10. The number of hydrogen-bond donors (Lipinski definition) is 2. The summed E-state index contributed by atoms with van der Waals surface area (Å²) in [6.45, 7) is 3.57. The molecule has 0 unspecified atom stereocenters. The smallest absolute Gasteiger partial charge is 0.321 e. The molecule has 100 valence electrons. The zero-order valence-electron chi connectivity index (χ0n) is 10.1. The summed E-state index contributed by atoms with van der Waals surface area (Å²) in [6, 6.07) is 3.80. The molecule has 0 aliphatic carbocycles. The van der Waals surface area contributed by atoms with E-state index in [0.717, 1.165) is 5.56 Å². The maximum Gasteiger partial charge on any atom is 0.321 e. The molecule has 1 aromatic carbocycles. The third kappa shape index (κ3) is 3.96. The van der Waals surface area contributed by atoms with Crippen LogP contribution in [0.25, 0.3) is 0 Å². The second kappa shape index (κ2) is 6.04. The number of benzene rings is 1.